The van der Waals surface area contributed by atoms with Crippen molar-refractivity contribution in [2.45, 2.75) is 13.0 Å². The maximum Gasteiger partial charge on any atom is 0.226 e. The summed E-state index contributed by atoms with van der Waals surface area (Å²) in [7, 11) is 3.25. The summed E-state index contributed by atoms with van der Waals surface area (Å²) < 4.78 is 12.7. The van der Waals surface area contributed by atoms with Crippen molar-refractivity contribution in [3.63, 3.8) is 0 Å². The molecule has 0 aliphatic carbocycles. The Balaban J connectivity index is 1.79. The molecule has 1 aliphatic rings. The van der Waals surface area contributed by atoms with Crippen molar-refractivity contribution < 1.29 is 14.3 Å². The molecular formula is C21H21N5O3. The minimum atomic E-state index is -0.228. The molecule has 1 amide bonds. The highest BCUT2D eigenvalue weighted by molar-refractivity contribution is 5.89. The molecule has 0 saturated heterocycles. The Hall–Kier alpha value is -3.81. The van der Waals surface area contributed by atoms with E-state index in [-0.39, 0.29) is 11.9 Å². The summed E-state index contributed by atoms with van der Waals surface area (Å²) in [6.45, 7) is 1.49. The first-order chi connectivity index (χ1) is 14.1. The van der Waals surface area contributed by atoms with Gasteiger partial charge in [0, 0.05) is 29.9 Å². The highest BCUT2D eigenvalue weighted by Crippen LogP contribution is 2.37. The van der Waals surface area contributed by atoms with E-state index in [4.69, 9.17) is 9.47 Å². The quantitative estimate of drug-likeness (QED) is 0.694. The second kappa shape index (κ2) is 7.67. The van der Waals surface area contributed by atoms with Crippen molar-refractivity contribution in [3.05, 3.63) is 66.0 Å². The van der Waals surface area contributed by atoms with Crippen LogP contribution in [0, 0.1) is 0 Å². The molecule has 2 heterocycles. The highest BCUT2D eigenvalue weighted by Gasteiger charge is 2.26. The fourth-order valence-corrected chi connectivity index (χ4v) is 3.35. The molecule has 4 rings (SSSR count). The minimum Gasteiger partial charge on any atom is -0.497 e. The number of allylic oxidation sites excluding steroid dienone is 1. The van der Waals surface area contributed by atoms with Gasteiger partial charge in [-0.15, -0.1) is 0 Å². The number of benzene rings is 2. The zero-order chi connectivity index (χ0) is 20.4. The van der Waals surface area contributed by atoms with E-state index in [1.165, 1.54) is 13.3 Å². The Bertz CT molecular complexity index is 1090. The van der Waals surface area contributed by atoms with Crippen LogP contribution < -0.4 is 20.1 Å². The van der Waals surface area contributed by atoms with Crippen LogP contribution in [0.15, 0.2) is 54.9 Å². The topological polar surface area (TPSA) is 90.3 Å². The van der Waals surface area contributed by atoms with Crippen LogP contribution in [0.2, 0.25) is 0 Å². The summed E-state index contributed by atoms with van der Waals surface area (Å²) in [5.41, 5.74) is 3.43. The van der Waals surface area contributed by atoms with E-state index in [1.54, 1.807) is 18.9 Å². The predicted molar refractivity (Wildman–Crippen MR) is 110 cm³/mol. The Labute approximate surface area is 168 Å². The first-order valence-electron chi connectivity index (χ1n) is 9.07. The van der Waals surface area contributed by atoms with Gasteiger partial charge in [0.25, 0.3) is 0 Å². The number of methoxy groups -OCH3 is 2. The fourth-order valence-electron chi connectivity index (χ4n) is 3.35. The number of nitrogens with zero attached hydrogens (tertiary/aromatic N) is 3. The molecule has 1 aliphatic heterocycles. The highest BCUT2D eigenvalue weighted by atomic mass is 16.5. The third-order valence-corrected chi connectivity index (χ3v) is 4.66. The standard InChI is InChI=1S/C21H21N5O3/c1-13(27)24-15-6-4-5-14(9-15)18-11-19(26-21(25-18)22-12-23-26)17-8-7-16(28-2)10-20(17)29-3/h4-12,19H,1-3H3,(H,24,27)(H,22,23,25)/t19-/m1/s1. The van der Waals surface area contributed by atoms with E-state index in [2.05, 4.69) is 26.8 Å². The van der Waals surface area contributed by atoms with Gasteiger partial charge in [-0.2, -0.15) is 10.1 Å². The molecule has 0 bridgehead atoms. The van der Waals surface area contributed by atoms with Crippen molar-refractivity contribution in [2.75, 3.05) is 24.9 Å². The van der Waals surface area contributed by atoms with Gasteiger partial charge >= 0.3 is 0 Å². The van der Waals surface area contributed by atoms with E-state index in [9.17, 15) is 4.79 Å². The monoisotopic (exact) mass is 391 g/mol. The van der Waals surface area contributed by atoms with Crippen LogP contribution in [0.1, 0.15) is 24.1 Å². The SMILES string of the molecule is COc1ccc([C@H]2C=C(c3cccc(NC(C)=O)c3)Nc3ncnn32)c(OC)c1. The number of aromatic nitrogens is 3. The van der Waals surface area contributed by atoms with Gasteiger partial charge in [-0.05, 0) is 35.9 Å². The summed E-state index contributed by atoms with van der Waals surface area (Å²) in [6.07, 6.45) is 3.56. The normalized spacial score (nSPS) is 15.0. The largest absolute Gasteiger partial charge is 0.497 e. The number of anilines is 2. The van der Waals surface area contributed by atoms with Gasteiger partial charge in [0.05, 0.1) is 14.2 Å². The molecule has 2 N–H and O–H groups in total. The van der Waals surface area contributed by atoms with Crippen LogP contribution in [0.5, 0.6) is 11.5 Å². The summed E-state index contributed by atoms with van der Waals surface area (Å²) in [5.74, 6) is 1.91. The van der Waals surface area contributed by atoms with Crippen molar-refractivity contribution in [1.82, 2.24) is 14.8 Å². The molecule has 8 heteroatoms. The van der Waals surface area contributed by atoms with Gasteiger partial charge in [-0.25, -0.2) is 4.68 Å². The third-order valence-electron chi connectivity index (χ3n) is 4.66. The van der Waals surface area contributed by atoms with Crippen molar-refractivity contribution >= 4 is 23.2 Å². The molecule has 29 heavy (non-hydrogen) atoms. The fraction of sp³-hybridized carbons (Fsp3) is 0.190. The molecule has 3 aromatic rings. The molecular weight excluding hydrogens is 370 g/mol. The Kier molecular flexibility index (Phi) is 4.90. The smallest absolute Gasteiger partial charge is 0.226 e. The van der Waals surface area contributed by atoms with Crippen molar-refractivity contribution in [1.29, 1.82) is 0 Å². The lowest BCUT2D eigenvalue weighted by atomic mass is 10.0. The lowest BCUT2D eigenvalue weighted by Gasteiger charge is -2.26. The number of carbonyl (C=O) groups is 1. The average molecular weight is 391 g/mol. The van der Waals surface area contributed by atoms with E-state index in [0.717, 1.165) is 22.5 Å². The van der Waals surface area contributed by atoms with Crippen LogP contribution in [0.3, 0.4) is 0 Å². The second-order valence-corrected chi connectivity index (χ2v) is 6.55. The molecule has 1 aromatic heterocycles. The number of hydrogen-bond acceptors (Lipinski definition) is 6. The number of amides is 1. The van der Waals surface area contributed by atoms with Crippen molar-refractivity contribution in [3.8, 4) is 11.5 Å². The van der Waals surface area contributed by atoms with E-state index in [1.807, 2.05) is 42.5 Å². The van der Waals surface area contributed by atoms with Gasteiger partial charge in [0.1, 0.15) is 23.9 Å². The zero-order valence-electron chi connectivity index (χ0n) is 16.3. The molecule has 0 unspecified atom stereocenters. The van der Waals surface area contributed by atoms with Gasteiger partial charge in [-0.1, -0.05) is 12.1 Å². The Morgan fingerprint density at radius 2 is 2.03 bits per heavy atom. The number of ether oxygens (including phenoxy) is 2. The average Bonchev–Trinajstić information content (AvgIpc) is 3.21. The molecule has 1 atom stereocenters. The minimum absolute atomic E-state index is 0.117. The number of rotatable bonds is 5. The molecule has 148 valence electrons. The van der Waals surface area contributed by atoms with E-state index >= 15 is 0 Å². The van der Waals surface area contributed by atoms with Gasteiger partial charge in [-0.3, -0.25) is 4.79 Å². The summed E-state index contributed by atoms with van der Waals surface area (Å²) in [4.78, 5) is 15.7. The number of nitrogens with one attached hydrogen (secondary N) is 2. The van der Waals surface area contributed by atoms with Crippen molar-refractivity contribution in [2.24, 2.45) is 0 Å². The van der Waals surface area contributed by atoms with E-state index < -0.39 is 0 Å². The number of fused-ring (bicyclic) bond motifs is 1. The van der Waals surface area contributed by atoms with Gasteiger partial charge < -0.3 is 20.1 Å². The lowest BCUT2D eigenvalue weighted by molar-refractivity contribution is -0.114. The van der Waals surface area contributed by atoms with Crippen LogP contribution in [-0.4, -0.2) is 34.9 Å². The summed E-state index contributed by atoms with van der Waals surface area (Å²) in [6, 6.07) is 13.1. The maximum atomic E-state index is 11.4. The van der Waals surface area contributed by atoms with Crippen LogP contribution in [0.4, 0.5) is 11.6 Å². The second-order valence-electron chi connectivity index (χ2n) is 6.55. The maximum absolute atomic E-state index is 11.4. The molecule has 2 aromatic carbocycles. The first-order valence-corrected chi connectivity index (χ1v) is 9.07. The van der Waals surface area contributed by atoms with Crippen LogP contribution in [-0.2, 0) is 4.79 Å². The molecule has 0 radical (unpaired) electrons. The first kappa shape index (κ1) is 18.5. The van der Waals surface area contributed by atoms with Gasteiger partial charge in [0.2, 0.25) is 11.9 Å². The molecule has 8 nitrogen and oxygen atoms in total. The molecule has 0 fully saturated rings. The number of carbonyl (C=O) groups excluding carboxylic acids is 1. The Morgan fingerprint density at radius 3 is 2.79 bits per heavy atom. The lowest BCUT2D eigenvalue weighted by Crippen LogP contribution is -2.20. The van der Waals surface area contributed by atoms with E-state index in [0.29, 0.717) is 17.4 Å². The van der Waals surface area contributed by atoms with Crippen LogP contribution in [0.25, 0.3) is 5.70 Å². The van der Waals surface area contributed by atoms with Gasteiger partial charge in [0.15, 0.2) is 0 Å². The predicted octanol–water partition coefficient (Wildman–Crippen LogP) is 3.31. The molecule has 0 spiro atoms. The molecule has 0 saturated carbocycles. The Morgan fingerprint density at radius 1 is 1.17 bits per heavy atom. The zero-order valence-corrected chi connectivity index (χ0v) is 16.3. The summed E-state index contributed by atoms with van der Waals surface area (Å²) >= 11 is 0. The summed E-state index contributed by atoms with van der Waals surface area (Å²) in [5, 5.41) is 10.5. The third kappa shape index (κ3) is 3.64. The van der Waals surface area contributed by atoms with Crippen LogP contribution >= 0.6 is 0 Å². The number of hydrogen-bond donors (Lipinski definition) is 2.